The number of carbonyl (C=O) groups is 2. The predicted molar refractivity (Wildman–Crippen MR) is 183 cm³/mol. The Morgan fingerprint density at radius 2 is 1.63 bits per heavy atom. The third kappa shape index (κ3) is 6.81. The molecule has 1 aliphatic carbocycles. The van der Waals surface area contributed by atoms with Crippen LogP contribution < -0.4 is 15.4 Å². The van der Waals surface area contributed by atoms with Crippen LogP contribution in [-0.4, -0.2) is 46.8 Å². The molecule has 4 aromatic rings. The Bertz CT molecular complexity index is 1690. The van der Waals surface area contributed by atoms with Crippen LogP contribution in [0.4, 0.5) is 16.3 Å². The van der Waals surface area contributed by atoms with Crippen molar-refractivity contribution in [3.8, 4) is 11.4 Å². The Hall–Kier alpha value is -4.59. The molecular formula is C38H45N5O3. The highest BCUT2D eigenvalue weighted by Crippen LogP contribution is 2.50. The highest BCUT2D eigenvalue weighted by Gasteiger charge is 2.53. The van der Waals surface area contributed by atoms with Crippen LogP contribution >= 0.6 is 0 Å². The molecule has 0 spiro atoms. The zero-order valence-corrected chi connectivity index (χ0v) is 27.6. The summed E-state index contributed by atoms with van der Waals surface area (Å²) < 4.78 is 7.09. The number of rotatable bonds is 8. The van der Waals surface area contributed by atoms with Gasteiger partial charge in [0.05, 0.1) is 23.9 Å². The number of urea groups is 1. The van der Waals surface area contributed by atoms with Gasteiger partial charge in [-0.2, -0.15) is 5.10 Å². The van der Waals surface area contributed by atoms with E-state index in [1.54, 1.807) is 11.8 Å². The number of aromatic nitrogens is 2. The minimum absolute atomic E-state index is 0.170. The van der Waals surface area contributed by atoms with Gasteiger partial charge in [-0.25, -0.2) is 9.48 Å². The molecule has 0 radical (unpaired) electrons. The highest BCUT2D eigenvalue weighted by atomic mass is 16.5. The van der Waals surface area contributed by atoms with E-state index in [-0.39, 0.29) is 22.8 Å². The van der Waals surface area contributed by atoms with E-state index >= 15 is 0 Å². The lowest BCUT2D eigenvalue weighted by atomic mass is 9.88. The SMILES string of the molecule is COc1ccc(C2(C(=O)N3CCC(Cc4cccc(NC(=O)Nc5cc(C(C)(C)C)nn5-c5ccc(C)cc5)c4)CC3)CC2)cc1. The maximum atomic E-state index is 13.6. The van der Waals surface area contributed by atoms with Crippen LogP contribution in [0.15, 0.2) is 78.9 Å². The molecule has 0 bridgehead atoms. The van der Waals surface area contributed by atoms with Crippen LogP contribution in [0, 0.1) is 12.8 Å². The van der Waals surface area contributed by atoms with E-state index in [0.29, 0.717) is 11.7 Å². The summed E-state index contributed by atoms with van der Waals surface area (Å²) in [7, 11) is 1.66. The second-order valence-electron chi connectivity index (χ2n) is 13.9. The topological polar surface area (TPSA) is 88.5 Å². The second kappa shape index (κ2) is 12.7. The molecule has 1 aromatic heterocycles. The monoisotopic (exact) mass is 619 g/mol. The number of aryl methyl sites for hydroxylation is 1. The summed E-state index contributed by atoms with van der Waals surface area (Å²) in [6, 6.07) is 25.8. The van der Waals surface area contributed by atoms with Crippen LogP contribution in [0.1, 0.15) is 68.8 Å². The number of ether oxygens (including phenoxy) is 1. The van der Waals surface area contributed by atoms with E-state index in [0.717, 1.165) is 79.1 Å². The fourth-order valence-electron chi connectivity index (χ4n) is 6.41. The number of likely N-dealkylation sites (tertiary alicyclic amines) is 1. The van der Waals surface area contributed by atoms with Gasteiger partial charge >= 0.3 is 6.03 Å². The van der Waals surface area contributed by atoms with E-state index in [2.05, 4.69) is 48.4 Å². The number of piperidine rings is 1. The molecule has 2 heterocycles. The number of amides is 3. The van der Waals surface area contributed by atoms with Crippen LogP contribution in [0.2, 0.25) is 0 Å². The average molecular weight is 620 g/mol. The van der Waals surface area contributed by atoms with Crippen LogP contribution in [0.25, 0.3) is 5.69 Å². The van der Waals surface area contributed by atoms with Crippen molar-refractivity contribution in [1.82, 2.24) is 14.7 Å². The first-order valence-electron chi connectivity index (χ1n) is 16.3. The van der Waals surface area contributed by atoms with E-state index in [9.17, 15) is 9.59 Å². The van der Waals surface area contributed by atoms with Crippen molar-refractivity contribution in [2.75, 3.05) is 30.8 Å². The third-order valence-corrected chi connectivity index (χ3v) is 9.41. The number of nitrogens with zero attached hydrogens (tertiary/aromatic N) is 3. The molecule has 1 saturated heterocycles. The lowest BCUT2D eigenvalue weighted by molar-refractivity contribution is -0.135. The van der Waals surface area contributed by atoms with E-state index in [1.807, 2.05) is 73.7 Å². The van der Waals surface area contributed by atoms with Gasteiger partial charge in [0.25, 0.3) is 0 Å². The fourth-order valence-corrected chi connectivity index (χ4v) is 6.41. The maximum absolute atomic E-state index is 13.6. The van der Waals surface area contributed by atoms with Crippen LogP contribution in [0.5, 0.6) is 5.75 Å². The van der Waals surface area contributed by atoms with Crippen molar-refractivity contribution < 1.29 is 14.3 Å². The molecule has 240 valence electrons. The molecule has 1 aliphatic heterocycles. The number of anilines is 2. The Morgan fingerprint density at radius 1 is 0.935 bits per heavy atom. The summed E-state index contributed by atoms with van der Waals surface area (Å²) in [4.78, 5) is 28.9. The summed E-state index contributed by atoms with van der Waals surface area (Å²) >= 11 is 0. The fraction of sp³-hybridized carbons (Fsp3) is 0.395. The molecule has 3 amide bonds. The molecule has 6 rings (SSSR count). The van der Waals surface area contributed by atoms with Gasteiger partial charge in [0.1, 0.15) is 11.6 Å². The van der Waals surface area contributed by atoms with Crippen LogP contribution in [0.3, 0.4) is 0 Å². The predicted octanol–water partition coefficient (Wildman–Crippen LogP) is 7.64. The maximum Gasteiger partial charge on any atom is 0.324 e. The minimum Gasteiger partial charge on any atom is -0.497 e. The van der Waals surface area contributed by atoms with Crippen molar-refractivity contribution >= 4 is 23.4 Å². The van der Waals surface area contributed by atoms with E-state index in [1.165, 1.54) is 5.56 Å². The van der Waals surface area contributed by atoms with Gasteiger partial charge in [-0.05, 0) is 92.5 Å². The molecule has 2 fully saturated rings. The second-order valence-corrected chi connectivity index (χ2v) is 13.9. The van der Waals surface area contributed by atoms with E-state index in [4.69, 9.17) is 9.84 Å². The van der Waals surface area contributed by atoms with Gasteiger partial charge in [-0.1, -0.05) is 62.7 Å². The molecule has 0 unspecified atom stereocenters. The van der Waals surface area contributed by atoms with Gasteiger partial charge in [-0.3, -0.25) is 10.1 Å². The molecule has 3 aromatic carbocycles. The third-order valence-electron chi connectivity index (χ3n) is 9.41. The zero-order valence-electron chi connectivity index (χ0n) is 27.6. The average Bonchev–Trinajstić information content (AvgIpc) is 3.74. The van der Waals surface area contributed by atoms with Gasteiger partial charge < -0.3 is 15.0 Å². The Balaban J connectivity index is 1.05. The molecular weight excluding hydrogens is 574 g/mol. The molecule has 8 heteroatoms. The van der Waals surface area contributed by atoms with Gasteiger partial charge in [-0.15, -0.1) is 0 Å². The lowest BCUT2D eigenvalue weighted by Crippen LogP contribution is -2.44. The van der Waals surface area contributed by atoms with Gasteiger partial charge in [0, 0.05) is 30.3 Å². The normalized spacial score (nSPS) is 16.2. The summed E-state index contributed by atoms with van der Waals surface area (Å²) in [5.74, 6) is 2.19. The number of hydrogen-bond acceptors (Lipinski definition) is 4. The quantitative estimate of drug-likeness (QED) is 0.212. The van der Waals surface area contributed by atoms with Crippen molar-refractivity contribution in [3.05, 3.63) is 101 Å². The summed E-state index contributed by atoms with van der Waals surface area (Å²) in [6.07, 6.45) is 4.69. The van der Waals surface area contributed by atoms with Crippen molar-refractivity contribution in [1.29, 1.82) is 0 Å². The van der Waals surface area contributed by atoms with Gasteiger partial charge in [0.2, 0.25) is 5.91 Å². The van der Waals surface area contributed by atoms with Crippen molar-refractivity contribution in [3.63, 3.8) is 0 Å². The zero-order chi connectivity index (χ0) is 32.5. The molecule has 2 aliphatic rings. The standard InChI is InChI=1S/C38H45N5O3/c1-26-9-13-31(14-10-26)43-34(25-33(41-43)37(2,3)4)40-36(45)39-30-8-6-7-28(24-30)23-27-17-21-42(22-18-27)35(44)38(19-20-38)29-11-15-32(46-5)16-12-29/h6-16,24-25,27H,17-23H2,1-5H3,(H2,39,40,45). The molecule has 1 saturated carbocycles. The Kier molecular flexibility index (Phi) is 8.64. The number of nitrogens with one attached hydrogen (secondary N) is 2. The largest absolute Gasteiger partial charge is 0.497 e. The minimum atomic E-state index is -0.355. The summed E-state index contributed by atoms with van der Waals surface area (Å²) in [6.45, 7) is 9.94. The van der Waals surface area contributed by atoms with Crippen LogP contribution in [-0.2, 0) is 22.0 Å². The Morgan fingerprint density at radius 3 is 2.26 bits per heavy atom. The molecule has 0 atom stereocenters. The molecule has 2 N–H and O–H groups in total. The number of benzene rings is 3. The Labute approximate surface area is 272 Å². The first kappa shape index (κ1) is 31.4. The molecule has 46 heavy (non-hydrogen) atoms. The number of hydrogen-bond donors (Lipinski definition) is 2. The first-order valence-corrected chi connectivity index (χ1v) is 16.3. The molecule has 8 nitrogen and oxygen atoms in total. The van der Waals surface area contributed by atoms with Crippen molar-refractivity contribution in [2.24, 2.45) is 5.92 Å². The highest BCUT2D eigenvalue weighted by molar-refractivity contribution is 5.99. The number of carbonyl (C=O) groups excluding carboxylic acids is 2. The summed E-state index contributed by atoms with van der Waals surface area (Å²) in [5, 5.41) is 10.9. The van der Waals surface area contributed by atoms with E-state index < -0.39 is 0 Å². The van der Waals surface area contributed by atoms with Gasteiger partial charge in [0.15, 0.2) is 0 Å². The summed E-state index contributed by atoms with van der Waals surface area (Å²) in [5.41, 5.74) is 5.44. The smallest absolute Gasteiger partial charge is 0.324 e. The van der Waals surface area contributed by atoms with Crippen molar-refractivity contribution in [2.45, 2.75) is 70.6 Å². The lowest BCUT2D eigenvalue weighted by Gasteiger charge is -2.34. The number of methoxy groups -OCH3 is 1. The first-order chi connectivity index (χ1) is 22.0.